The van der Waals surface area contributed by atoms with E-state index in [4.69, 9.17) is 5.26 Å². The Morgan fingerprint density at radius 2 is 2.05 bits per heavy atom. The Hall–Kier alpha value is -2.28. The van der Waals surface area contributed by atoms with Crippen LogP contribution in [0.3, 0.4) is 0 Å². The number of carbonyl (C=O) groups is 1. The molecule has 0 fully saturated rings. The van der Waals surface area contributed by atoms with Crippen LogP contribution in [0.25, 0.3) is 10.9 Å². The fraction of sp³-hybridized carbons (Fsp3) is 0.333. The first-order chi connectivity index (χ1) is 9.19. The summed E-state index contributed by atoms with van der Waals surface area (Å²) >= 11 is 0. The average molecular weight is 255 g/mol. The number of carbonyl (C=O) groups excluding carboxylic acids is 1. The highest BCUT2D eigenvalue weighted by Crippen LogP contribution is 2.17. The van der Waals surface area contributed by atoms with Crippen molar-refractivity contribution in [3.05, 3.63) is 36.0 Å². The van der Waals surface area contributed by atoms with Gasteiger partial charge in [-0.3, -0.25) is 4.79 Å². The number of hydrogen-bond acceptors (Lipinski definition) is 2. The van der Waals surface area contributed by atoms with Crippen LogP contribution in [-0.4, -0.2) is 28.5 Å². The first kappa shape index (κ1) is 13.2. The van der Waals surface area contributed by atoms with Crippen molar-refractivity contribution in [1.82, 2.24) is 9.47 Å². The van der Waals surface area contributed by atoms with E-state index < -0.39 is 0 Å². The molecule has 0 bridgehead atoms. The van der Waals surface area contributed by atoms with E-state index in [9.17, 15) is 4.79 Å². The van der Waals surface area contributed by atoms with Gasteiger partial charge in [-0.1, -0.05) is 6.07 Å². The highest BCUT2D eigenvalue weighted by atomic mass is 16.2. The normalized spacial score (nSPS) is 10.4. The number of amides is 1. The first-order valence-electron chi connectivity index (χ1n) is 6.46. The molecular formula is C15H17N3O. The van der Waals surface area contributed by atoms with Crippen molar-refractivity contribution < 1.29 is 4.79 Å². The SMILES string of the molecule is CCN(CC)C(=O)Cn1ccc2ccc(C#N)cc21. The fourth-order valence-electron chi connectivity index (χ4n) is 2.21. The van der Waals surface area contributed by atoms with Crippen LogP contribution in [0.2, 0.25) is 0 Å². The minimum atomic E-state index is 0.102. The van der Waals surface area contributed by atoms with E-state index in [2.05, 4.69) is 6.07 Å². The number of nitrogens with zero attached hydrogens (tertiary/aromatic N) is 3. The zero-order chi connectivity index (χ0) is 13.8. The lowest BCUT2D eigenvalue weighted by atomic mass is 10.2. The average Bonchev–Trinajstić information content (AvgIpc) is 2.82. The summed E-state index contributed by atoms with van der Waals surface area (Å²) in [4.78, 5) is 13.9. The topological polar surface area (TPSA) is 49.0 Å². The highest BCUT2D eigenvalue weighted by Gasteiger charge is 2.11. The van der Waals surface area contributed by atoms with E-state index >= 15 is 0 Å². The van der Waals surface area contributed by atoms with Gasteiger partial charge >= 0.3 is 0 Å². The lowest BCUT2D eigenvalue weighted by Crippen LogP contribution is -2.33. The third-order valence-electron chi connectivity index (χ3n) is 3.32. The maximum absolute atomic E-state index is 12.1. The molecule has 1 aromatic carbocycles. The third kappa shape index (κ3) is 2.60. The Bertz CT molecular complexity index is 632. The molecule has 0 spiro atoms. The fourth-order valence-corrected chi connectivity index (χ4v) is 2.21. The molecule has 0 saturated carbocycles. The van der Waals surface area contributed by atoms with Crippen molar-refractivity contribution in [2.45, 2.75) is 20.4 Å². The number of hydrogen-bond donors (Lipinski definition) is 0. The molecule has 98 valence electrons. The van der Waals surface area contributed by atoms with E-state index in [0.717, 1.165) is 24.0 Å². The molecule has 2 aromatic rings. The molecule has 0 atom stereocenters. The van der Waals surface area contributed by atoms with Gasteiger partial charge in [-0.05, 0) is 37.4 Å². The second-order valence-electron chi connectivity index (χ2n) is 4.40. The van der Waals surface area contributed by atoms with E-state index in [0.29, 0.717) is 12.1 Å². The highest BCUT2D eigenvalue weighted by molar-refractivity contribution is 5.84. The second kappa shape index (κ2) is 5.57. The molecule has 19 heavy (non-hydrogen) atoms. The zero-order valence-corrected chi connectivity index (χ0v) is 11.3. The molecule has 0 aliphatic rings. The van der Waals surface area contributed by atoms with Crippen molar-refractivity contribution in [3.63, 3.8) is 0 Å². The molecule has 1 amide bonds. The van der Waals surface area contributed by atoms with Crippen molar-refractivity contribution in [3.8, 4) is 6.07 Å². The molecule has 1 heterocycles. The molecule has 4 heteroatoms. The van der Waals surface area contributed by atoms with Gasteiger partial charge in [-0.2, -0.15) is 5.26 Å². The predicted molar refractivity (Wildman–Crippen MR) is 74.6 cm³/mol. The molecule has 0 aliphatic heterocycles. The maximum Gasteiger partial charge on any atom is 0.242 e. The number of likely N-dealkylation sites (N-methyl/N-ethyl adjacent to an activating group) is 1. The van der Waals surface area contributed by atoms with Crippen LogP contribution in [0.1, 0.15) is 19.4 Å². The van der Waals surface area contributed by atoms with Crippen molar-refractivity contribution in [1.29, 1.82) is 5.26 Å². The van der Waals surface area contributed by atoms with E-state index in [-0.39, 0.29) is 5.91 Å². The van der Waals surface area contributed by atoms with Crippen LogP contribution in [0, 0.1) is 11.3 Å². The van der Waals surface area contributed by atoms with Crippen LogP contribution in [0.15, 0.2) is 30.5 Å². The molecule has 0 unspecified atom stereocenters. The molecule has 0 saturated heterocycles. The van der Waals surface area contributed by atoms with Crippen molar-refractivity contribution in [2.24, 2.45) is 0 Å². The van der Waals surface area contributed by atoms with E-state index in [1.54, 1.807) is 11.0 Å². The van der Waals surface area contributed by atoms with Crippen molar-refractivity contribution >= 4 is 16.8 Å². The van der Waals surface area contributed by atoms with Gasteiger partial charge < -0.3 is 9.47 Å². The van der Waals surface area contributed by atoms with Crippen LogP contribution in [-0.2, 0) is 11.3 Å². The standard InChI is InChI=1S/C15H17N3O/c1-3-17(4-2)15(19)11-18-8-7-13-6-5-12(10-16)9-14(13)18/h5-9H,3-4,11H2,1-2H3. The van der Waals surface area contributed by atoms with Crippen LogP contribution in [0.5, 0.6) is 0 Å². The largest absolute Gasteiger partial charge is 0.342 e. The molecule has 0 aliphatic carbocycles. The van der Waals surface area contributed by atoms with Crippen LogP contribution < -0.4 is 0 Å². The Balaban J connectivity index is 2.31. The Morgan fingerprint density at radius 1 is 1.32 bits per heavy atom. The van der Waals surface area contributed by atoms with E-state index in [1.165, 1.54) is 0 Å². The van der Waals surface area contributed by atoms with E-state index in [1.807, 2.05) is 42.8 Å². The monoisotopic (exact) mass is 255 g/mol. The van der Waals surface area contributed by atoms with Gasteiger partial charge in [0, 0.05) is 24.8 Å². The van der Waals surface area contributed by atoms with Gasteiger partial charge in [0.1, 0.15) is 6.54 Å². The summed E-state index contributed by atoms with van der Waals surface area (Å²) in [5, 5.41) is 9.98. The number of benzene rings is 1. The zero-order valence-electron chi connectivity index (χ0n) is 11.3. The summed E-state index contributed by atoms with van der Waals surface area (Å²) in [6, 6.07) is 9.61. The Morgan fingerprint density at radius 3 is 2.68 bits per heavy atom. The third-order valence-corrected chi connectivity index (χ3v) is 3.32. The molecule has 1 aromatic heterocycles. The molecule has 0 radical (unpaired) electrons. The molecule has 2 rings (SSSR count). The van der Waals surface area contributed by atoms with Gasteiger partial charge in [0.05, 0.1) is 11.6 Å². The molecule has 4 nitrogen and oxygen atoms in total. The number of fused-ring (bicyclic) bond motifs is 1. The molecule has 0 N–H and O–H groups in total. The minimum Gasteiger partial charge on any atom is -0.342 e. The summed E-state index contributed by atoms with van der Waals surface area (Å²) < 4.78 is 1.90. The summed E-state index contributed by atoms with van der Waals surface area (Å²) in [7, 11) is 0. The van der Waals surface area contributed by atoms with Crippen LogP contribution >= 0.6 is 0 Å². The Labute approximate surface area is 112 Å². The summed E-state index contributed by atoms with van der Waals surface area (Å²) in [5.41, 5.74) is 1.54. The van der Waals surface area contributed by atoms with Gasteiger partial charge in [0.2, 0.25) is 5.91 Å². The van der Waals surface area contributed by atoms with Crippen LogP contribution in [0.4, 0.5) is 0 Å². The van der Waals surface area contributed by atoms with Gasteiger partial charge in [-0.25, -0.2) is 0 Å². The quantitative estimate of drug-likeness (QED) is 0.842. The number of aromatic nitrogens is 1. The van der Waals surface area contributed by atoms with Gasteiger partial charge in [0.15, 0.2) is 0 Å². The first-order valence-corrected chi connectivity index (χ1v) is 6.46. The lowest BCUT2D eigenvalue weighted by Gasteiger charge is -2.19. The van der Waals surface area contributed by atoms with Crippen molar-refractivity contribution in [2.75, 3.05) is 13.1 Å². The van der Waals surface area contributed by atoms with Gasteiger partial charge in [-0.15, -0.1) is 0 Å². The number of nitriles is 1. The summed E-state index contributed by atoms with van der Waals surface area (Å²) in [6.45, 7) is 5.71. The Kier molecular flexibility index (Phi) is 3.86. The smallest absolute Gasteiger partial charge is 0.242 e. The summed E-state index contributed by atoms with van der Waals surface area (Å²) in [5.74, 6) is 0.102. The molecular weight excluding hydrogens is 238 g/mol. The maximum atomic E-state index is 12.1. The predicted octanol–water partition coefficient (Wildman–Crippen LogP) is 2.38. The van der Waals surface area contributed by atoms with Gasteiger partial charge in [0.25, 0.3) is 0 Å². The minimum absolute atomic E-state index is 0.102. The second-order valence-corrected chi connectivity index (χ2v) is 4.40. The lowest BCUT2D eigenvalue weighted by molar-refractivity contribution is -0.131. The summed E-state index contributed by atoms with van der Waals surface area (Å²) in [6.07, 6.45) is 1.90. The number of rotatable bonds is 4.